The lowest BCUT2D eigenvalue weighted by Crippen LogP contribution is -2.46. The average molecular weight is 339 g/mol. The highest BCUT2D eigenvalue weighted by Crippen LogP contribution is 2.25. The van der Waals surface area contributed by atoms with E-state index in [1.165, 1.54) is 18.2 Å². The first-order chi connectivity index (χ1) is 9.85. The van der Waals surface area contributed by atoms with Crippen LogP contribution in [0.1, 0.15) is 13.3 Å². The number of hydrogen-bond acceptors (Lipinski definition) is 3. The molecule has 124 valence electrons. The maximum atomic E-state index is 13.0. The Hall–Kier alpha value is -1.47. The van der Waals surface area contributed by atoms with Gasteiger partial charge in [-0.3, -0.25) is 10.1 Å². The van der Waals surface area contributed by atoms with E-state index in [0.717, 1.165) is 0 Å². The first kappa shape index (κ1) is 18.6. The highest BCUT2D eigenvalue weighted by Gasteiger charge is 2.42. The summed E-state index contributed by atoms with van der Waals surface area (Å²) in [6.07, 6.45) is -0.504. The molecule has 1 saturated heterocycles. The molecule has 0 aliphatic carbocycles. The molecule has 1 aromatic carbocycles. The van der Waals surface area contributed by atoms with Crippen molar-refractivity contribution in [2.24, 2.45) is 0 Å². The van der Waals surface area contributed by atoms with Gasteiger partial charge in [-0.15, -0.1) is 12.4 Å². The number of ether oxygens (including phenoxy) is 1. The van der Waals surface area contributed by atoms with Crippen LogP contribution in [0.5, 0.6) is 5.75 Å². The summed E-state index contributed by atoms with van der Waals surface area (Å²) in [6.45, 7) is 1.32. The van der Waals surface area contributed by atoms with Gasteiger partial charge in [0.15, 0.2) is 0 Å². The SMILES string of the molecule is CC(COc1cccc(F)c1)NC(=O)C1CC(F)(F)CN1.Cl. The van der Waals surface area contributed by atoms with Gasteiger partial charge in [-0.2, -0.15) is 0 Å². The number of nitrogens with one attached hydrogen (secondary N) is 2. The Labute approximate surface area is 132 Å². The minimum atomic E-state index is -2.84. The molecule has 1 aliphatic rings. The van der Waals surface area contributed by atoms with Crippen LogP contribution in [0.4, 0.5) is 13.2 Å². The number of alkyl halides is 2. The van der Waals surface area contributed by atoms with Crippen molar-refractivity contribution in [1.82, 2.24) is 10.6 Å². The summed E-state index contributed by atoms with van der Waals surface area (Å²) < 4.78 is 44.3. The van der Waals surface area contributed by atoms with Crippen LogP contribution in [0.25, 0.3) is 0 Å². The van der Waals surface area contributed by atoms with Crippen LogP contribution in [0.2, 0.25) is 0 Å². The third kappa shape index (κ3) is 5.38. The Morgan fingerprint density at radius 3 is 2.86 bits per heavy atom. The molecular formula is C14H18ClF3N2O2. The molecule has 0 aromatic heterocycles. The second kappa shape index (κ2) is 7.69. The summed E-state index contributed by atoms with van der Waals surface area (Å²) in [7, 11) is 0. The standard InChI is InChI=1S/C14H17F3N2O2.ClH/c1-9(7-21-11-4-2-3-10(15)5-11)19-13(20)12-6-14(16,17)8-18-12;/h2-5,9,12,18H,6-8H2,1H3,(H,19,20);1H. The molecule has 8 heteroatoms. The van der Waals surface area contributed by atoms with E-state index < -0.39 is 36.7 Å². The van der Waals surface area contributed by atoms with Crippen molar-refractivity contribution in [2.75, 3.05) is 13.2 Å². The molecule has 1 aromatic rings. The fourth-order valence-electron chi connectivity index (χ4n) is 2.06. The Bertz CT molecular complexity index is 517. The molecule has 4 nitrogen and oxygen atoms in total. The molecule has 0 radical (unpaired) electrons. The Balaban J connectivity index is 0.00000242. The molecule has 1 aliphatic heterocycles. The third-order valence-corrected chi connectivity index (χ3v) is 3.11. The highest BCUT2D eigenvalue weighted by atomic mass is 35.5. The van der Waals surface area contributed by atoms with Gasteiger partial charge in [-0.25, -0.2) is 13.2 Å². The molecular weight excluding hydrogens is 321 g/mol. The van der Waals surface area contributed by atoms with Gasteiger partial charge in [0.25, 0.3) is 5.92 Å². The van der Waals surface area contributed by atoms with Crippen molar-refractivity contribution >= 4 is 18.3 Å². The molecule has 1 heterocycles. The van der Waals surface area contributed by atoms with Crippen molar-refractivity contribution in [3.8, 4) is 5.75 Å². The van der Waals surface area contributed by atoms with Crippen LogP contribution in [0.3, 0.4) is 0 Å². The number of hydrogen-bond donors (Lipinski definition) is 2. The van der Waals surface area contributed by atoms with E-state index in [1.54, 1.807) is 13.0 Å². The number of halogens is 4. The summed E-state index contributed by atoms with van der Waals surface area (Å²) >= 11 is 0. The van der Waals surface area contributed by atoms with Crippen molar-refractivity contribution in [2.45, 2.75) is 31.4 Å². The molecule has 2 unspecified atom stereocenters. The highest BCUT2D eigenvalue weighted by molar-refractivity contribution is 5.85. The zero-order valence-corrected chi connectivity index (χ0v) is 12.8. The number of carbonyl (C=O) groups is 1. The van der Waals surface area contributed by atoms with Gasteiger partial charge in [-0.05, 0) is 19.1 Å². The van der Waals surface area contributed by atoms with Crippen molar-refractivity contribution in [3.63, 3.8) is 0 Å². The van der Waals surface area contributed by atoms with Gasteiger partial charge in [0.05, 0.1) is 18.6 Å². The Morgan fingerprint density at radius 2 is 2.27 bits per heavy atom. The van der Waals surface area contributed by atoms with Crippen LogP contribution < -0.4 is 15.4 Å². The lowest BCUT2D eigenvalue weighted by atomic mass is 10.1. The van der Waals surface area contributed by atoms with Gasteiger partial charge in [-0.1, -0.05) is 6.07 Å². The van der Waals surface area contributed by atoms with E-state index in [2.05, 4.69) is 10.6 Å². The monoisotopic (exact) mass is 338 g/mol. The lowest BCUT2D eigenvalue weighted by Gasteiger charge is -2.17. The molecule has 0 saturated carbocycles. The van der Waals surface area contributed by atoms with E-state index in [4.69, 9.17) is 4.74 Å². The average Bonchev–Trinajstić information content (AvgIpc) is 2.77. The zero-order valence-electron chi connectivity index (χ0n) is 11.9. The van der Waals surface area contributed by atoms with Gasteiger partial charge in [0, 0.05) is 12.5 Å². The smallest absolute Gasteiger partial charge is 0.262 e. The van der Waals surface area contributed by atoms with Crippen molar-refractivity contribution < 1.29 is 22.7 Å². The van der Waals surface area contributed by atoms with E-state index in [0.29, 0.717) is 5.75 Å². The Morgan fingerprint density at radius 1 is 1.55 bits per heavy atom. The molecule has 2 N–H and O–H groups in total. The van der Waals surface area contributed by atoms with Crippen LogP contribution in [-0.2, 0) is 4.79 Å². The molecule has 1 fully saturated rings. The van der Waals surface area contributed by atoms with E-state index in [-0.39, 0.29) is 25.1 Å². The van der Waals surface area contributed by atoms with Crippen LogP contribution in [-0.4, -0.2) is 37.1 Å². The Kier molecular flexibility index (Phi) is 6.49. The minimum Gasteiger partial charge on any atom is -0.491 e. The van der Waals surface area contributed by atoms with Crippen LogP contribution >= 0.6 is 12.4 Å². The van der Waals surface area contributed by atoms with E-state index in [9.17, 15) is 18.0 Å². The maximum Gasteiger partial charge on any atom is 0.262 e. The third-order valence-electron chi connectivity index (χ3n) is 3.11. The van der Waals surface area contributed by atoms with Gasteiger partial charge >= 0.3 is 0 Å². The normalized spacial score (nSPS) is 20.8. The summed E-state index contributed by atoms with van der Waals surface area (Å²) in [5, 5.41) is 5.07. The molecule has 2 atom stereocenters. The van der Waals surface area contributed by atoms with E-state index >= 15 is 0 Å². The van der Waals surface area contributed by atoms with Crippen molar-refractivity contribution in [1.29, 1.82) is 0 Å². The van der Waals surface area contributed by atoms with Crippen LogP contribution in [0, 0.1) is 5.82 Å². The number of carbonyl (C=O) groups excluding carboxylic acids is 1. The summed E-state index contributed by atoms with van der Waals surface area (Å²) in [6, 6.07) is 4.36. The van der Waals surface area contributed by atoms with Crippen LogP contribution in [0.15, 0.2) is 24.3 Å². The minimum absolute atomic E-state index is 0. The summed E-state index contributed by atoms with van der Waals surface area (Å²) in [4.78, 5) is 11.8. The number of rotatable bonds is 5. The molecule has 0 bridgehead atoms. The van der Waals surface area contributed by atoms with Gasteiger partial charge in [0.2, 0.25) is 5.91 Å². The molecule has 2 rings (SSSR count). The summed E-state index contributed by atoms with van der Waals surface area (Å²) in [5.41, 5.74) is 0. The second-order valence-corrected chi connectivity index (χ2v) is 5.17. The topological polar surface area (TPSA) is 50.4 Å². The summed E-state index contributed by atoms with van der Waals surface area (Å²) in [5.74, 6) is -3.39. The zero-order chi connectivity index (χ0) is 15.5. The fraction of sp³-hybridized carbons (Fsp3) is 0.500. The fourth-order valence-corrected chi connectivity index (χ4v) is 2.06. The largest absolute Gasteiger partial charge is 0.491 e. The molecule has 0 spiro atoms. The van der Waals surface area contributed by atoms with Gasteiger partial charge < -0.3 is 10.1 Å². The van der Waals surface area contributed by atoms with Gasteiger partial charge in [0.1, 0.15) is 18.2 Å². The lowest BCUT2D eigenvalue weighted by molar-refractivity contribution is -0.124. The number of benzene rings is 1. The predicted octanol–water partition coefficient (Wildman–Crippen LogP) is 2.13. The predicted molar refractivity (Wildman–Crippen MR) is 78.1 cm³/mol. The molecule has 22 heavy (non-hydrogen) atoms. The molecule has 1 amide bonds. The number of amides is 1. The first-order valence-electron chi connectivity index (χ1n) is 6.66. The van der Waals surface area contributed by atoms with Crippen molar-refractivity contribution in [3.05, 3.63) is 30.1 Å². The van der Waals surface area contributed by atoms with E-state index in [1.807, 2.05) is 0 Å². The maximum absolute atomic E-state index is 13.0. The second-order valence-electron chi connectivity index (χ2n) is 5.17. The first-order valence-corrected chi connectivity index (χ1v) is 6.66. The quantitative estimate of drug-likeness (QED) is 0.864.